The molecule has 0 atom stereocenters. The summed E-state index contributed by atoms with van der Waals surface area (Å²) in [5.41, 5.74) is 7.02. The minimum atomic E-state index is -0.125. The maximum atomic E-state index is 12.0. The fourth-order valence-electron chi connectivity index (χ4n) is 1.47. The smallest absolute Gasteiger partial charge is 0.265 e. The van der Waals surface area contributed by atoms with Crippen LogP contribution in [0.25, 0.3) is 0 Å². The average Bonchev–Trinajstić information content (AvgIpc) is 2.69. The Balaban J connectivity index is 2.48. The van der Waals surface area contributed by atoms with Crippen molar-refractivity contribution in [3.05, 3.63) is 38.7 Å². The van der Waals surface area contributed by atoms with E-state index in [9.17, 15) is 4.79 Å². The molecule has 0 bridgehead atoms. The van der Waals surface area contributed by atoms with E-state index in [4.69, 9.17) is 5.73 Å². The van der Waals surface area contributed by atoms with E-state index in [0.717, 1.165) is 5.56 Å². The zero-order chi connectivity index (χ0) is 12.6. The molecule has 17 heavy (non-hydrogen) atoms. The molecule has 0 saturated heterocycles. The van der Waals surface area contributed by atoms with Gasteiger partial charge in [-0.1, -0.05) is 0 Å². The number of pyridine rings is 1. The van der Waals surface area contributed by atoms with Crippen LogP contribution in [-0.2, 0) is 13.6 Å². The van der Waals surface area contributed by atoms with E-state index in [1.807, 2.05) is 0 Å². The zero-order valence-corrected chi connectivity index (χ0v) is 11.1. The van der Waals surface area contributed by atoms with Crippen LogP contribution in [0.4, 0.5) is 5.69 Å². The molecule has 0 spiro atoms. The zero-order valence-electron chi connectivity index (χ0n) is 9.51. The first-order valence-corrected chi connectivity index (χ1v) is 5.78. The SMILES string of the molecule is Cc1c(N)cn(Cc2ncnn2C)c(=O)c1Br. The first-order chi connectivity index (χ1) is 8.00. The van der Waals surface area contributed by atoms with Gasteiger partial charge < -0.3 is 10.3 Å². The number of nitrogens with two attached hydrogens (primary N) is 1. The van der Waals surface area contributed by atoms with Gasteiger partial charge in [-0.2, -0.15) is 5.10 Å². The lowest BCUT2D eigenvalue weighted by Gasteiger charge is -2.09. The number of hydrogen-bond acceptors (Lipinski definition) is 4. The second-order valence-electron chi connectivity index (χ2n) is 3.76. The highest BCUT2D eigenvalue weighted by molar-refractivity contribution is 9.10. The minimum Gasteiger partial charge on any atom is -0.397 e. The Bertz CT molecular complexity index is 616. The molecule has 2 rings (SSSR count). The predicted octanol–water partition coefficient (Wildman–Crippen LogP) is 0.678. The van der Waals surface area contributed by atoms with Crippen LogP contribution >= 0.6 is 15.9 Å². The third-order valence-electron chi connectivity index (χ3n) is 2.62. The van der Waals surface area contributed by atoms with E-state index >= 15 is 0 Å². The standard InChI is InChI=1S/C10H12BrN5O/c1-6-7(12)3-16(10(17)9(6)11)4-8-13-5-14-15(8)2/h3,5H,4,12H2,1-2H3. The fourth-order valence-corrected chi connectivity index (χ4v) is 1.93. The van der Waals surface area contributed by atoms with E-state index in [-0.39, 0.29) is 5.56 Å². The molecule has 0 saturated carbocycles. The molecule has 2 aromatic rings. The average molecular weight is 298 g/mol. The van der Waals surface area contributed by atoms with Gasteiger partial charge in [0.15, 0.2) is 0 Å². The van der Waals surface area contributed by atoms with Crippen molar-refractivity contribution < 1.29 is 0 Å². The third-order valence-corrected chi connectivity index (χ3v) is 3.56. The molecule has 2 aromatic heterocycles. The molecule has 0 amide bonds. The fraction of sp³-hybridized carbons (Fsp3) is 0.300. The van der Waals surface area contributed by atoms with E-state index in [0.29, 0.717) is 22.5 Å². The van der Waals surface area contributed by atoms with Gasteiger partial charge in [-0.05, 0) is 28.4 Å². The van der Waals surface area contributed by atoms with Crippen LogP contribution in [-0.4, -0.2) is 19.3 Å². The van der Waals surface area contributed by atoms with Crippen molar-refractivity contribution in [1.29, 1.82) is 0 Å². The summed E-state index contributed by atoms with van der Waals surface area (Å²) < 4.78 is 3.62. The van der Waals surface area contributed by atoms with Gasteiger partial charge in [0.2, 0.25) is 0 Å². The first-order valence-electron chi connectivity index (χ1n) is 4.98. The van der Waals surface area contributed by atoms with Crippen molar-refractivity contribution in [2.75, 3.05) is 5.73 Å². The molecule has 7 heteroatoms. The Morgan fingerprint density at radius 1 is 1.53 bits per heavy atom. The minimum absolute atomic E-state index is 0.125. The van der Waals surface area contributed by atoms with Crippen LogP contribution in [0, 0.1) is 6.92 Å². The van der Waals surface area contributed by atoms with E-state index in [1.165, 1.54) is 10.9 Å². The van der Waals surface area contributed by atoms with Crippen LogP contribution in [0.2, 0.25) is 0 Å². The van der Waals surface area contributed by atoms with Crippen molar-refractivity contribution in [3.63, 3.8) is 0 Å². The number of aromatic nitrogens is 4. The second kappa shape index (κ2) is 4.33. The monoisotopic (exact) mass is 297 g/mol. The molecule has 0 aliphatic heterocycles. The number of anilines is 1. The summed E-state index contributed by atoms with van der Waals surface area (Å²) in [6.45, 7) is 2.14. The van der Waals surface area contributed by atoms with Crippen LogP contribution < -0.4 is 11.3 Å². The lowest BCUT2D eigenvalue weighted by Crippen LogP contribution is -2.24. The van der Waals surface area contributed by atoms with Crippen molar-refractivity contribution in [1.82, 2.24) is 19.3 Å². The Morgan fingerprint density at radius 2 is 2.24 bits per heavy atom. The van der Waals surface area contributed by atoms with Gasteiger partial charge >= 0.3 is 0 Å². The molecule has 0 fully saturated rings. The number of rotatable bonds is 2. The summed E-state index contributed by atoms with van der Waals surface area (Å²) in [5.74, 6) is 0.697. The second-order valence-corrected chi connectivity index (χ2v) is 4.55. The molecular formula is C10H12BrN5O. The van der Waals surface area contributed by atoms with E-state index in [1.54, 1.807) is 24.9 Å². The summed E-state index contributed by atoms with van der Waals surface area (Å²) in [4.78, 5) is 16.1. The summed E-state index contributed by atoms with van der Waals surface area (Å²) in [7, 11) is 1.78. The molecule has 0 aliphatic carbocycles. The van der Waals surface area contributed by atoms with Gasteiger partial charge in [-0.15, -0.1) is 0 Å². The number of halogens is 1. The van der Waals surface area contributed by atoms with E-state index < -0.39 is 0 Å². The normalized spacial score (nSPS) is 10.8. The van der Waals surface area contributed by atoms with Gasteiger partial charge in [0.25, 0.3) is 5.56 Å². The molecule has 0 radical (unpaired) electrons. The van der Waals surface area contributed by atoms with Crippen LogP contribution in [0.1, 0.15) is 11.4 Å². The largest absolute Gasteiger partial charge is 0.397 e. The van der Waals surface area contributed by atoms with Crippen molar-refractivity contribution >= 4 is 21.6 Å². The molecule has 2 heterocycles. The highest BCUT2D eigenvalue weighted by Gasteiger charge is 2.10. The molecule has 90 valence electrons. The van der Waals surface area contributed by atoms with Crippen LogP contribution in [0.15, 0.2) is 21.8 Å². The predicted molar refractivity (Wildman–Crippen MR) is 67.7 cm³/mol. The van der Waals surface area contributed by atoms with Gasteiger partial charge in [-0.3, -0.25) is 9.48 Å². The Hall–Kier alpha value is -1.63. The molecule has 2 N–H and O–H groups in total. The van der Waals surface area contributed by atoms with Gasteiger partial charge in [0.05, 0.1) is 16.7 Å². The number of nitrogens with zero attached hydrogens (tertiary/aromatic N) is 4. The molecule has 0 aliphatic rings. The number of aryl methyl sites for hydroxylation is 1. The highest BCUT2D eigenvalue weighted by atomic mass is 79.9. The van der Waals surface area contributed by atoms with Crippen LogP contribution in [0.5, 0.6) is 0 Å². The summed E-state index contributed by atoms with van der Waals surface area (Å²) >= 11 is 3.25. The Labute approximate surface area is 106 Å². The summed E-state index contributed by atoms with van der Waals surface area (Å²) in [6, 6.07) is 0. The van der Waals surface area contributed by atoms with Crippen molar-refractivity contribution in [3.8, 4) is 0 Å². The highest BCUT2D eigenvalue weighted by Crippen LogP contribution is 2.17. The number of nitrogen functional groups attached to an aromatic ring is 1. The summed E-state index contributed by atoms with van der Waals surface area (Å²) in [6.07, 6.45) is 3.07. The maximum Gasteiger partial charge on any atom is 0.265 e. The molecule has 0 unspecified atom stereocenters. The third kappa shape index (κ3) is 2.10. The molecular weight excluding hydrogens is 286 g/mol. The lowest BCUT2D eigenvalue weighted by molar-refractivity contribution is 0.639. The van der Waals surface area contributed by atoms with Gasteiger partial charge in [0, 0.05) is 13.2 Å². The first kappa shape index (κ1) is 11.8. The topological polar surface area (TPSA) is 78.7 Å². The lowest BCUT2D eigenvalue weighted by atomic mass is 10.2. The van der Waals surface area contributed by atoms with Gasteiger partial charge in [0.1, 0.15) is 12.2 Å². The van der Waals surface area contributed by atoms with Crippen LogP contribution in [0.3, 0.4) is 0 Å². The molecule has 0 aromatic carbocycles. The quantitative estimate of drug-likeness (QED) is 0.884. The van der Waals surface area contributed by atoms with Crippen molar-refractivity contribution in [2.24, 2.45) is 7.05 Å². The summed E-state index contributed by atoms with van der Waals surface area (Å²) in [5, 5.41) is 3.95. The molecule has 6 nitrogen and oxygen atoms in total. The van der Waals surface area contributed by atoms with E-state index in [2.05, 4.69) is 26.0 Å². The van der Waals surface area contributed by atoms with Crippen molar-refractivity contribution in [2.45, 2.75) is 13.5 Å². The Kier molecular flexibility index (Phi) is 3.01. The maximum absolute atomic E-state index is 12.0. The number of hydrogen-bond donors (Lipinski definition) is 1. The Morgan fingerprint density at radius 3 is 2.82 bits per heavy atom. The van der Waals surface area contributed by atoms with Gasteiger partial charge in [-0.25, -0.2) is 4.98 Å².